The van der Waals surface area contributed by atoms with Gasteiger partial charge in [-0.1, -0.05) is 12.1 Å². The van der Waals surface area contributed by atoms with Gasteiger partial charge in [-0.2, -0.15) is 13.2 Å². The smallest absolute Gasteiger partial charge is 0.475 e. The predicted octanol–water partition coefficient (Wildman–Crippen LogP) is 3.73. The zero-order valence-corrected chi connectivity index (χ0v) is 17.9. The molecule has 11 heteroatoms. The first-order valence-electron chi connectivity index (χ1n) is 9.90. The zero-order chi connectivity index (χ0) is 23.8. The molecule has 7 nitrogen and oxygen atoms in total. The van der Waals surface area contributed by atoms with E-state index >= 15 is 0 Å². The quantitative estimate of drug-likeness (QED) is 0.610. The van der Waals surface area contributed by atoms with Crippen molar-refractivity contribution in [2.75, 3.05) is 13.1 Å². The number of furan rings is 1. The van der Waals surface area contributed by atoms with Crippen LogP contribution >= 0.6 is 0 Å². The number of pyridine rings is 1. The Morgan fingerprint density at radius 2 is 1.91 bits per heavy atom. The molecule has 2 atom stereocenters. The van der Waals surface area contributed by atoms with E-state index in [1.807, 2.05) is 36.4 Å². The highest BCUT2D eigenvalue weighted by atomic mass is 32.2. The maximum absolute atomic E-state index is 13.0. The first-order valence-corrected chi connectivity index (χ1v) is 11.4. The number of halogens is 3. The minimum atomic E-state index is -5.08. The molecule has 2 aliphatic heterocycles. The number of carboxylic acid groups (broad SMARTS) is 1. The van der Waals surface area contributed by atoms with Crippen LogP contribution in [-0.2, 0) is 21.2 Å². The van der Waals surface area contributed by atoms with Gasteiger partial charge in [-0.05, 0) is 41.5 Å². The van der Waals surface area contributed by atoms with E-state index < -0.39 is 22.0 Å². The third-order valence-electron chi connectivity index (χ3n) is 5.66. The van der Waals surface area contributed by atoms with Crippen molar-refractivity contribution in [3.8, 4) is 11.1 Å². The lowest BCUT2D eigenvalue weighted by Gasteiger charge is -2.16. The molecule has 1 N–H and O–H groups in total. The highest BCUT2D eigenvalue weighted by molar-refractivity contribution is 7.92. The molecule has 2 aliphatic rings. The van der Waals surface area contributed by atoms with E-state index in [-0.39, 0.29) is 11.2 Å². The number of rotatable bonds is 3. The summed E-state index contributed by atoms with van der Waals surface area (Å²) in [6.45, 7) is 1.97. The summed E-state index contributed by atoms with van der Waals surface area (Å²) in [6.07, 6.45) is 0.00637. The molecule has 4 heterocycles. The normalized spacial score (nSPS) is 21.1. The van der Waals surface area contributed by atoms with E-state index in [0.717, 1.165) is 28.9 Å². The molecule has 2 aromatic heterocycles. The number of hydrogen-bond donors (Lipinski definition) is 1. The molecule has 1 saturated heterocycles. The molecule has 174 valence electrons. The number of fused-ring (bicyclic) bond motifs is 3. The molecule has 0 bridgehead atoms. The Labute approximate surface area is 187 Å². The van der Waals surface area contributed by atoms with Crippen LogP contribution in [0.5, 0.6) is 0 Å². The molecular weight excluding hydrogens is 461 g/mol. The number of carbonyl (C=O) groups is 1. The van der Waals surface area contributed by atoms with E-state index in [1.54, 1.807) is 24.8 Å². The fourth-order valence-corrected chi connectivity index (χ4v) is 6.38. The van der Waals surface area contributed by atoms with Crippen molar-refractivity contribution in [1.82, 2.24) is 9.88 Å². The number of aliphatic carboxylic acids is 1. The van der Waals surface area contributed by atoms with Gasteiger partial charge in [-0.3, -0.25) is 9.88 Å². The van der Waals surface area contributed by atoms with Gasteiger partial charge in [0.05, 0.1) is 28.4 Å². The lowest BCUT2D eigenvalue weighted by molar-refractivity contribution is -0.192. The monoisotopic (exact) mass is 480 g/mol. The molecule has 0 saturated carbocycles. The van der Waals surface area contributed by atoms with E-state index in [4.69, 9.17) is 14.3 Å². The number of benzene rings is 1. The molecule has 2 unspecified atom stereocenters. The lowest BCUT2D eigenvalue weighted by atomic mass is 9.95. The predicted molar refractivity (Wildman–Crippen MR) is 111 cm³/mol. The average molecular weight is 480 g/mol. The number of carboxylic acids is 1. The van der Waals surface area contributed by atoms with Gasteiger partial charge in [0.15, 0.2) is 9.84 Å². The van der Waals surface area contributed by atoms with Crippen LogP contribution < -0.4 is 0 Å². The van der Waals surface area contributed by atoms with Crippen LogP contribution in [0.4, 0.5) is 13.2 Å². The fourth-order valence-electron chi connectivity index (χ4n) is 4.18. The summed E-state index contributed by atoms with van der Waals surface area (Å²) >= 11 is 0. The fraction of sp³-hybridized carbons (Fsp3) is 0.273. The summed E-state index contributed by atoms with van der Waals surface area (Å²) in [6, 6.07) is 13.4. The second kappa shape index (κ2) is 8.64. The van der Waals surface area contributed by atoms with Crippen molar-refractivity contribution >= 4 is 15.8 Å². The van der Waals surface area contributed by atoms with Crippen molar-refractivity contribution in [2.24, 2.45) is 0 Å². The molecule has 1 aromatic carbocycles. The Kier molecular flexibility index (Phi) is 6.02. The summed E-state index contributed by atoms with van der Waals surface area (Å²) in [4.78, 5) is 16.0. The van der Waals surface area contributed by atoms with Crippen LogP contribution in [0, 0.1) is 0 Å². The van der Waals surface area contributed by atoms with Gasteiger partial charge < -0.3 is 9.52 Å². The van der Waals surface area contributed by atoms with Crippen LogP contribution in [0.25, 0.3) is 11.1 Å². The molecular formula is C22H19F3N2O5S. The summed E-state index contributed by atoms with van der Waals surface area (Å²) < 4.78 is 62.9. The van der Waals surface area contributed by atoms with Gasteiger partial charge in [-0.15, -0.1) is 0 Å². The Morgan fingerprint density at radius 1 is 1.15 bits per heavy atom. The number of aromatic nitrogens is 1. The van der Waals surface area contributed by atoms with Gasteiger partial charge in [0, 0.05) is 37.3 Å². The third-order valence-corrected chi connectivity index (χ3v) is 7.92. The first-order chi connectivity index (χ1) is 15.6. The van der Waals surface area contributed by atoms with Crippen LogP contribution in [0.2, 0.25) is 0 Å². The minimum absolute atomic E-state index is 0.0190. The van der Waals surface area contributed by atoms with E-state index in [0.29, 0.717) is 18.0 Å². The van der Waals surface area contributed by atoms with Gasteiger partial charge in [0.25, 0.3) is 0 Å². The van der Waals surface area contributed by atoms with Crippen molar-refractivity contribution in [1.29, 1.82) is 0 Å². The van der Waals surface area contributed by atoms with Crippen LogP contribution in [-0.4, -0.2) is 53.9 Å². The van der Waals surface area contributed by atoms with Crippen LogP contribution in [0.15, 0.2) is 70.5 Å². The van der Waals surface area contributed by atoms with Crippen molar-refractivity contribution in [3.05, 3.63) is 72.4 Å². The maximum atomic E-state index is 13.0. The highest BCUT2D eigenvalue weighted by Crippen LogP contribution is 2.46. The van der Waals surface area contributed by atoms with Crippen LogP contribution in [0.3, 0.4) is 0 Å². The van der Waals surface area contributed by atoms with Gasteiger partial charge in [-0.25, -0.2) is 13.2 Å². The molecule has 33 heavy (non-hydrogen) atoms. The van der Waals surface area contributed by atoms with E-state index in [9.17, 15) is 21.6 Å². The van der Waals surface area contributed by atoms with Crippen LogP contribution in [0.1, 0.15) is 17.2 Å². The average Bonchev–Trinajstić information content (AvgIpc) is 3.47. The number of nitrogens with zero attached hydrogens (tertiary/aromatic N) is 2. The lowest BCUT2D eigenvalue weighted by Crippen LogP contribution is -2.26. The molecule has 0 amide bonds. The molecule has 0 radical (unpaired) electrons. The van der Waals surface area contributed by atoms with Crippen molar-refractivity contribution in [3.63, 3.8) is 0 Å². The first kappa shape index (κ1) is 23.0. The van der Waals surface area contributed by atoms with Gasteiger partial charge in [0.2, 0.25) is 0 Å². The molecule has 3 aromatic rings. The highest BCUT2D eigenvalue weighted by Gasteiger charge is 2.50. The summed E-state index contributed by atoms with van der Waals surface area (Å²) in [5.41, 5.74) is 3.88. The van der Waals surface area contributed by atoms with Crippen molar-refractivity contribution < 1.29 is 35.9 Å². The maximum Gasteiger partial charge on any atom is 0.490 e. The number of hydrogen-bond acceptors (Lipinski definition) is 6. The Hall–Kier alpha value is -3.18. The Morgan fingerprint density at radius 3 is 2.52 bits per heavy atom. The number of alkyl halides is 3. The van der Waals surface area contributed by atoms with Crippen molar-refractivity contribution in [2.45, 2.75) is 28.8 Å². The third kappa shape index (κ3) is 4.64. The summed E-state index contributed by atoms with van der Waals surface area (Å²) in [5, 5.41) is 6.76. The SMILES string of the molecule is O=C(O)C(F)(F)F.O=S1(=O)c2ccc(-c3ccoc3)cc2C2CN(Cc3ccccn3)CC21. The minimum Gasteiger partial charge on any atom is -0.475 e. The molecule has 0 spiro atoms. The van der Waals surface area contributed by atoms with Gasteiger partial charge in [0.1, 0.15) is 0 Å². The van der Waals surface area contributed by atoms with E-state index in [2.05, 4.69) is 9.88 Å². The van der Waals surface area contributed by atoms with E-state index in [1.165, 1.54) is 0 Å². The molecule has 1 fully saturated rings. The second-order valence-corrected chi connectivity index (χ2v) is 9.91. The summed E-state index contributed by atoms with van der Waals surface area (Å²) in [7, 11) is -3.28. The molecule has 0 aliphatic carbocycles. The number of sulfone groups is 1. The second-order valence-electron chi connectivity index (χ2n) is 7.77. The zero-order valence-electron chi connectivity index (χ0n) is 17.1. The standard InChI is InChI=1S/C20H18N2O3S.C2HF3O2/c23-26(24)19-5-4-14(15-6-8-25-13-15)9-17(19)18-11-22(12-20(18)26)10-16-3-1-2-7-21-16;3-2(4,5)1(6)7/h1-9,13,18,20H,10-12H2;(H,6,7). The molecule has 5 rings (SSSR count). The Bertz CT molecular complexity index is 1240. The number of likely N-dealkylation sites (tertiary alicyclic amines) is 1. The Balaban J connectivity index is 0.000000325. The topological polar surface area (TPSA) is 101 Å². The summed E-state index contributed by atoms with van der Waals surface area (Å²) in [5.74, 6) is -2.74. The largest absolute Gasteiger partial charge is 0.490 e. The van der Waals surface area contributed by atoms with Gasteiger partial charge >= 0.3 is 12.1 Å².